The first kappa shape index (κ1) is 24.4. The van der Waals surface area contributed by atoms with Crippen LogP contribution in [0.1, 0.15) is 53.4 Å². The maximum absolute atomic E-state index is 3.24. The summed E-state index contributed by atoms with van der Waals surface area (Å²) in [6, 6.07) is 0. The molecule has 0 amide bonds. The molecule has 0 fully saturated rings. The van der Waals surface area contributed by atoms with Crippen molar-refractivity contribution in [2.75, 3.05) is 0 Å². The van der Waals surface area contributed by atoms with Gasteiger partial charge in [-0.25, -0.2) is 11.1 Å². The molecule has 0 spiro atoms. The second-order valence-electron chi connectivity index (χ2n) is 4.18. The van der Waals surface area contributed by atoms with Gasteiger partial charge in [0.15, 0.2) is 0 Å². The molecule has 0 N–H and O–H groups in total. The van der Waals surface area contributed by atoms with E-state index in [9.17, 15) is 0 Å². The molecule has 2 aliphatic rings. The Morgan fingerprint density at radius 2 is 1.16 bits per heavy atom. The van der Waals surface area contributed by atoms with E-state index >= 15 is 0 Å². The van der Waals surface area contributed by atoms with Gasteiger partial charge >= 0.3 is 26.2 Å². The van der Waals surface area contributed by atoms with Crippen molar-refractivity contribution in [2.45, 2.75) is 53.4 Å². The van der Waals surface area contributed by atoms with Gasteiger partial charge in [0.25, 0.3) is 0 Å². The Morgan fingerprint density at radius 3 is 1.26 bits per heavy atom. The molecule has 0 atom stereocenters. The largest absolute Gasteiger partial charge is 4.00 e. The van der Waals surface area contributed by atoms with E-state index in [2.05, 4.69) is 52.0 Å². The van der Waals surface area contributed by atoms with E-state index in [-0.39, 0.29) is 51.0 Å². The van der Waals surface area contributed by atoms with Gasteiger partial charge < -0.3 is 24.8 Å². The van der Waals surface area contributed by atoms with Gasteiger partial charge in [0.2, 0.25) is 0 Å². The molecule has 0 aromatic carbocycles. The van der Waals surface area contributed by atoms with E-state index in [0.717, 1.165) is 12.8 Å². The van der Waals surface area contributed by atoms with E-state index in [1.54, 1.807) is 0 Å². The van der Waals surface area contributed by atoms with Crippen molar-refractivity contribution in [3.8, 4) is 0 Å². The Bertz CT molecular complexity index is 327. The molecule has 0 radical (unpaired) electrons. The molecular formula is C16H22Cl2Zr. The fourth-order valence-corrected chi connectivity index (χ4v) is 2.01. The molecule has 0 nitrogen and oxygen atoms in total. The molecule has 2 aliphatic carbocycles. The van der Waals surface area contributed by atoms with E-state index in [1.807, 2.05) is 0 Å². The molecule has 0 heterocycles. The summed E-state index contributed by atoms with van der Waals surface area (Å²) in [4.78, 5) is 0. The predicted octanol–water partition coefficient (Wildman–Crippen LogP) is -1.04. The van der Waals surface area contributed by atoms with Crippen LogP contribution in [0.25, 0.3) is 0 Å². The van der Waals surface area contributed by atoms with Crippen LogP contribution in [0.3, 0.4) is 0 Å². The van der Waals surface area contributed by atoms with Crippen LogP contribution in [0, 0.1) is 12.2 Å². The number of rotatable bonds is 2. The molecule has 0 aromatic heterocycles. The molecule has 0 unspecified atom stereocenters. The molecule has 0 aromatic rings. The quantitative estimate of drug-likeness (QED) is 0.540. The maximum atomic E-state index is 3.24. The van der Waals surface area contributed by atoms with Crippen LogP contribution < -0.4 is 24.8 Å². The number of hydrogen-bond donors (Lipinski definition) is 0. The van der Waals surface area contributed by atoms with Crippen molar-refractivity contribution in [3.63, 3.8) is 0 Å². The molecule has 2 rings (SSSR count). The van der Waals surface area contributed by atoms with Crippen LogP contribution in [0.5, 0.6) is 0 Å². The van der Waals surface area contributed by atoms with Crippen LogP contribution in [-0.4, -0.2) is 0 Å². The summed E-state index contributed by atoms with van der Waals surface area (Å²) in [5.41, 5.74) is 5.66. The van der Waals surface area contributed by atoms with Gasteiger partial charge in [-0.05, 0) is 0 Å². The van der Waals surface area contributed by atoms with Crippen LogP contribution in [0.4, 0.5) is 0 Å². The van der Waals surface area contributed by atoms with Crippen LogP contribution >= 0.6 is 0 Å². The summed E-state index contributed by atoms with van der Waals surface area (Å²) in [6.45, 7) is 8.62. The number of halogens is 2. The van der Waals surface area contributed by atoms with E-state index in [0.29, 0.717) is 0 Å². The van der Waals surface area contributed by atoms with Gasteiger partial charge in [-0.3, -0.25) is 12.2 Å². The van der Waals surface area contributed by atoms with Crippen molar-refractivity contribution in [1.29, 1.82) is 0 Å². The molecule has 0 saturated carbocycles. The Labute approximate surface area is 150 Å². The topological polar surface area (TPSA) is 0 Å². The first-order chi connectivity index (χ1) is 7.69. The van der Waals surface area contributed by atoms with Gasteiger partial charge in [0.1, 0.15) is 0 Å². The van der Waals surface area contributed by atoms with Crippen molar-refractivity contribution in [2.24, 2.45) is 0 Å². The van der Waals surface area contributed by atoms with E-state index < -0.39 is 0 Å². The first-order valence-electron chi connectivity index (χ1n) is 6.22. The zero-order valence-electron chi connectivity index (χ0n) is 12.2. The van der Waals surface area contributed by atoms with Crippen molar-refractivity contribution in [1.82, 2.24) is 0 Å². The third-order valence-electron chi connectivity index (χ3n) is 3.16. The summed E-state index contributed by atoms with van der Waals surface area (Å²) < 4.78 is 0. The first-order valence-corrected chi connectivity index (χ1v) is 6.22. The van der Waals surface area contributed by atoms with Gasteiger partial charge in [0.05, 0.1) is 0 Å². The third kappa shape index (κ3) is 8.33. The Kier molecular flexibility index (Phi) is 17.2. The molecule has 0 bridgehead atoms. The van der Waals surface area contributed by atoms with Crippen LogP contribution in [0.2, 0.25) is 0 Å². The standard InChI is InChI=1S/2C8H11.2ClH.Zr/c2*1-3-8-6-4-5-7(8)2;;;/h2*6H,3-4H2,1-2H3;2*1H;/q2*-1;;;+4/p-2. The SMILES string of the molecule is CCC1=CC[C-]=C1C.CCC1=CC[C-]=C1C.[Cl-].[Cl-].[Zr+4]. The zero-order chi connectivity index (χ0) is 12.0. The summed E-state index contributed by atoms with van der Waals surface area (Å²) in [6.07, 6.45) is 15.4. The van der Waals surface area contributed by atoms with Crippen LogP contribution in [0.15, 0.2) is 34.4 Å². The Hall–Kier alpha value is 0.423. The third-order valence-corrected chi connectivity index (χ3v) is 3.16. The minimum atomic E-state index is 0. The van der Waals surface area contributed by atoms with Crippen molar-refractivity contribution < 1.29 is 51.0 Å². The average Bonchev–Trinajstić information content (AvgIpc) is 2.87. The van der Waals surface area contributed by atoms with Gasteiger partial charge in [-0.2, -0.15) is 23.3 Å². The summed E-state index contributed by atoms with van der Waals surface area (Å²) in [5.74, 6) is 0. The minimum Gasteiger partial charge on any atom is -1.00 e. The number of allylic oxidation sites excluding steroid dienone is 8. The Balaban J connectivity index is -0.000000233. The van der Waals surface area contributed by atoms with E-state index in [4.69, 9.17) is 0 Å². The van der Waals surface area contributed by atoms with Gasteiger partial charge in [-0.15, -0.1) is 12.8 Å². The minimum absolute atomic E-state index is 0. The molecule has 0 saturated heterocycles. The van der Waals surface area contributed by atoms with Gasteiger partial charge in [-0.1, -0.05) is 40.5 Å². The predicted molar refractivity (Wildman–Crippen MR) is 70.8 cm³/mol. The van der Waals surface area contributed by atoms with Crippen molar-refractivity contribution in [3.05, 3.63) is 46.6 Å². The normalized spacial score (nSPS) is 15.4. The summed E-state index contributed by atoms with van der Waals surface area (Å²) >= 11 is 0. The second kappa shape index (κ2) is 13.4. The number of hydrogen-bond acceptors (Lipinski definition) is 0. The van der Waals surface area contributed by atoms with E-state index in [1.165, 1.54) is 35.1 Å². The fourth-order valence-electron chi connectivity index (χ4n) is 2.01. The average molecular weight is 376 g/mol. The fraction of sp³-hybridized carbons (Fsp3) is 0.500. The molecular weight excluding hydrogens is 354 g/mol. The summed E-state index contributed by atoms with van der Waals surface area (Å²) in [7, 11) is 0. The monoisotopic (exact) mass is 374 g/mol. The molecule has 104 valence electrons. The smallest absolute Gasteiger partial charge is 1.00 e. The van der Waals surface area contributed by atoms with Gasteiger partial charge in [0, 0.05) is 0 Å². The summed E-state index contributed by atoms with van der Waals surface area (Å²) in [5, 5.41) is 0. The zero-order valence-corrected chi connectivity index (χ0v) is 16.2. The second-order valence-corrected chi connectivity index (χ2v) is 4.18. The van der Waals surface area contributed by atoms with Crippen LogP contribution in [-0.2, 0) is 26.2 Å². The molecule has 0 aliphatic heterocycles. The molecule has 3 heteroatoms. The maximum Gasteiger partial charge on any atom is 4.00 e. The Morgan fingerprint density at radius 1 is 0.842 bits per heavy atom. The van der Waals surface area contributed by atoms with Crippen molar-refractivity contribution >= 4 is 0 Å². The molecule has 19 heavy (non-hydrogen) atoms.